The van der Waals surface area contributed by atoms with Crippen molar-refractivity contribution in [1.82, 2.24) is 10.4 Å². The molecule has 13 nitrogen and oxygen atoms in total. The summed E-state index contributed by atoms with van der Waals surface area (Å²) in [5.41, 5.74) is 8.36. The third-order valence-electron chi connectivity index (χ3n) is 10.0. The maximum atomic E-state index is 12.7. The number of aromatic amines is 1. The molecule has 2 aliphatic carbocycles. The quantitative estimate of drug-likeness (QED) is 0.0850. The molecule has 0 saturated heterocycles. The van der Waals surface area contributed by atoms with Crippen LogP contribution in [0.2, 0.25) is 0 Å². The molecule has 0 bridgehead atoms. The molecule has 3 N–H and O–H groups in total. The van der Waals surface area contributed by atoms with Crippen LogP contribution in [0.1, 0.15) is 71.1 Å². The Morgan fingerprint density at radius 2 is 1.39 bits per heavy atom. The van der Waals surface area contributed by atoms with E-state index < -0.39 is 0 Å². The zero-order valence-corrected chi connectivity index (χ0v) is 33.7. The van der Waals surface area contributed by atoms with E-state index in [4.69, 9.17) is 23.7 Å². The molecule has 5 aromatic rings. The second kappa shape index (κ2) is 19.5. The Morgan fingerprint density at radius 1 is 0.780 bits per heavy atom. The molecule has 0 radical (unpaired) electrons. The van der Waals surface area contributed by atoms with Gasteiger partial charge in [-0.2, -0.15) is 5.10 Å². The number of amides is 2. The van der Waals surface area contributed by atoms with Gasteiger partial charge in [-0.1, -0.05) is 36.4 Å². The molecule has 59 heavy (non-hydrogen) atoms. The predicted octanol–water partition coefficient (Wildman–Crippen LogP) is 7.63. The zero-order valence-electron chi connectivity index (χ0n) is 33.7. The number of hydrogen-bond donors (Lipinski definition) is 3. The Kier molecular flexibility index (Phi) is 13.8. The molecule has 8 rings (SSSR count). The number of anilines is 1. The van der Waals surface area contributed by atoms with Crippen molar-refractivity contribution in [3.8, 4) is 17.2 Å². The van der Waals surface area contributed by atoms with E-state index in [0.29, 0.717) is 30.4 Å². The van der Waals surface area contributed by atoms with Gasteiger partial charge in [-0.25, -0.2) is 10.2 Å². The highest BCUT2D eigenvalue weighted by Gasteiger charge is 2.45. The Balaban J connectivity index is 0.000000162. The lowest BCUT2D eigenvalue weighted by molar-refractivity contribution is -0.144. The largest absolute Gasteiger partial charge is 0.497 e. The molecule has 4 aromatic carbocycles. The highest BCUT2D eigenvalue weighted by molar-refractivity contribution is 6.15. The van der Waals surface area contributed by atoms with Gasteiger partial charge < -0.3 is 34.0 Å². The number of rotatable bonds is 12. The minimum Gasteiger partial charge on any atom is -0.497 e. The number of nitrogens with zero attached hydrogens (tertiary/aromatic N) is 1. The number of nitrogens with one attached hydrogen (secondary N) is 3. The van der Waals surface area contributed by atoms with Crippen LogP contribution in [0.3, 0.4) is 0 Å². The van der Waals surface area contributed by atoms with E-state index in [2.05, 4.69) is 20.8 Å². The van der Waals surface area contributed by atoms with E-state index in [1.54, 1.807) is 52.8 Å². The molecule has 4 unspecified atom stereocenters. The summed E-state index contributed by atoms with van der Waals surface area (Å²) in [4.78, 5) is 50.7. The maximum Gasteiger partial charge on any atom is 0.330 e. The molecule has 13 heteroatoms. The lowest BCUT2D eigenvalue weighted by Gasteiger charge is -2.09. The van der Waals surface area contributed by atoms with Gasteiger partial charge in [0, 0.05) is 40.3 Å². The number of benzene rings is 4. The normalized spacial score (nSPS) is 18.2. The van der Waals surface area contributed by atoms with Crippen LogP contribution in [0.5, 0.6) is 17.2 Å². The number of esters is 2. The van der Waals surface area contributed by atoms with E-state index in [1.165, 1.54) is 6.08 Å². The number of carbonyl (C=O) groups excluding carboxylic acids is 4. The standard InChI is InChI=1S/C21H18N4O3.C13H16O3.C12H14O3/c1-28-14-4-2-3-11(5-14)15-8-16(15)20(26)24-13-6-17-19-12(9-22-18(19)7-13)10-23-25-21(17)27;1-3-16-13(14)12-8-11(12)9-5-4-6-10(7-9)15-2;1-3-15-12(13)8-7-10-5-4-6-11(9-10)14-2/h2-7,9-10,15-16,22H,8H2,1H3,(H,24,26)(H,25,27);4-7,11-12H,3,8H2,1-2H3;4-9H,3H2,1-2H3/b;;8-7+. The lowest BCUT2D eigenvalue weighted by atomic mass is 10.0. The van der Waals surface area contributed by atoms with Gasteiger partial charge in [0.15, 0.2) is 0 Å². The Bertz CT molecular complexity index is 2370. The van der Waals surface area contributed by atoms with Crippen LogP contribution >= 0.6 is 0 Å². The summed E-state index contributed by atoms with van der Waals surface area (Å²) in [6.07, 6.45) is 8.19. The fourth-order valence-electron chi connectivity index (χ4n) is 6.87. The van der Waals surface area contributed by atoms with Gasteiger partial charge in [0.05, 0.1) is 52.2 Å². The van der Waals surface area contributed by atoms with Crippen molar-refractivity contribution in [3.63, 3.8) is 0 Å². The first-order valence-corrected chi connectivity index (χ1v) is 19.4. The fourth-order valence-corrected chi connectivity index (χ4v) is 6.87. The van der Waals surface area contributed by atoms with Gasteiger partial charge in [-0.15, -0.1) is 0 Å². The summed E-state index contributed by atoms with van der Waals surface area (Å²) in [6, 6.07) is 26.7. The molecule has 0 spiro atoms. The van der Waals surface area contributed by atoms with E-state index >= 15 is 0 Å². The summed E-state index contributed by atoms with van der Waals surface area (Å²) in [7, 11) is 4.89. The van der Waals surface area contributed by atoms with Gasteiger partial charge in [0.2, 0.25) is 5.91 Å². The minimum atomic E-state index is -0.333. The molecule has 4 atom stereocenters. The van der Waals surface area contributed by atoms with Crippen LogP contribution in [0.15, 0.2) is 102 Å². The summed E-state index contributed by atoms with van der Waals surface area (Å²) in [6.45, 7) is 4.46. The van der Waals surface area contributed by atoms with Crippen LogP contribution in [-0.2, 0) is 23.9 Å². The topological polar surface area (TPSA) is 167 Å². The third-order valence-corrected chi connectivity index (χ3v) is 10.0. The van der Waals surface area contributed by atoms with Gasteiger partial charge in [-0.3, -0.25) is 14.4 Å². The molecule has 1 aliphatic heterocycles. The summed E-state index contributed by atoms with van der Waals surface area (Å²) >= 11 is 0. The van der Waals surface area contributed by atoms with Crippen molar-refractivity contribution in [2.24, 2.45) is 16.9 Å². The van der Waals surface area contributed by atoms with Crippen molar-refractivity contribution in [2.45, 2.75) is 38.5 Å². The van der Waals surface area contributed by atoms with E-state index in [9.17, 15) is 19.2 Å². The zero-order chi connectivity index (χ0) is 41.9. The van der Waals surface area contributed by atoms with Crippen LogP contribution < -0.4 is 25.0 Å². The first-order chi connectivity index (χ1) is 28.7. The van der Waals surface area contributed by atoms with Gasteiger partial charge in [0.1, 0.15) is 17.2 Å². The summed E-state index contributed by atoms with van der Waals surface area (Å²) < 4.78 is 25.3. The fraction of sp³-hybridized carbons (Fsp3) is 0.283. The Morgan fingerprint density at radius 3 is 2.03 bits per heavy atom. The first-order valence-electron chi connectivity index (χ1n) is 19.4. The second-order valence-electron chi connectivity index (χ2n) is 13.9. The molecule has 306 valence electrons. The monoisotopic (exact) mass is 800 g/mol. The number of carbonyl (C=O) groups is 4. The smallest absolute Gasteiger partial charge is 0.330 e. The number of methoxy groups -OCH3 is 3. The minimum absolute atomic E-state index is 0.0450. The molecule has 1 aromatic heterocycles. The number of ether oxygens (including phenoxy) is 5. The van der Waals surface area contributed by atoms with E-state index in [-0.39, 0.29) is 41.5 Å². The molecule has 2 fully saturated rings. The number of hydrogen-bond acceptors (Lipinski definition) is 10. The van der Waals surface area contributed by atoms with E-state index in [1.807, 2.05) is 85.8 Å². The molecular weight excluding hydrogens is 753 g/mol. The molecule has 3 aliphatic rings. The van der Waals surface area contributed by atoms with Crippen molar-refractivity contribution in [1.29, 1.82) is 0 Å². The average molecular weight is 801 g/mol. The van der Waals surface area contributed by atoms with Gasteiger partial charge in [-0.05, 0) is 110 Å². The van der Waals surface area contributed by atoms with Gasteiger partial charge in [0.25, 0.3) is 5.91 Å². The number of hydrazone groups is 1. The SMILES string of the molecule is CCOC(=O)/C=C/c1cccc(OC)c1.CCOC(=O)C1CC1c1cccc(OC)c1.COc1cccc(C2CC2C(=O)Nc2cc3c4c(c[nH]c4c2)C=NNC3=O)c1. The predicted molar refractivity (Wildman–Crippen MR) is 225 cm³/mol. The van der Waals surface area contributed by atoms with Crippen LogP contribution in [0, 0.1) is 11.8 Å². The van der Waals surface area contributed by atoms with Crippen molar-refractivity contribution in [3.05, 3.63) is 125 Å². The van der Waals surface area contributed by atoms with Crippen LogP contribution in [0.4, 0.5) is 5.69 Å². The van der Waals surface area contributed by atoms with E-state index in [0.717, 1.165) is 63.2 Å². The third kappa shape index (κ3) is 10.7. The molecule has 2 amide bonds. The number of H-pyrrole nitrogens is 1. The molecule has 2 saturated carbocycles. The highest BCUT2D eigenvalue weighted by Crippen LogP contribution is 2.49. The maximum absolute atomic E-state index is 12.7. The van der Waals surface area contributed by atoms with Crippen molar-refractivity contribution in [2.75, 3.05) is 39.9 Å². The average Bonchev–Trinajstić information content (AvgIpc) is 4.19. The van der Waals surface area contributed by atoms with Crippen LogP contribution in [0.25, 0.3) is 17.0 Å². The highest BCUT2D eigenvalue weighted by atomic mass is 16.5. The second-order valence-corrected chi connectivity index (χ2v) is 13.9. The Labute approximate surface area is 342 Å². The van der Waals surface area contributed by atoms with Crippen molar-refractivity contribution < 1.29 is 42.9 Å². The van der Waals surface area contributed by atoms with Crippen LogP contribution in [-0.4, -0.2) is 69.5 Å². The van der Waals surface area contributed by atoms with Crippen molar-refractivity contribution >= 4 is 52.6 Å². The number of aromatic nitrogens is 1. The summed E-state index contributed by atoms with van der Waals surface area (Å²) in [5.74, 6) is 2.12. The van der Waals surface area contributed by atoms with Gasteiger partial charge >= 0.3 is 11.9 Å². The molecule has 2 heterocycles. The lowest BCUT2D eigenvalue weighted by Crippen LogP contribution is -2.18. The Hall–Kier alpha value is -6.89. The summed E-state index contributed by atoms with van der Waals surface area (Å²) in [5, 5.41) is 7.67. The molecular formula is C46H48N4O9. The first kappa shape index (κ1) is 41.7.